The van der Waals surface area contributed by atoms with Gasteiger partial charge < -0.3 is 25.4 Å². The normalized spacial score (nSPS) is 23.8. The Labute approximate surface area is 257 Å². The second kappa shape index (κ2) is 11.7. The van der Waals surface area contributed by atoms with E-state index in [9.17, 15) is 28.7 Å². The van der Waals surface area contributed by atoms with Gasteiger partial charge in [0.25, 0.3) is 17.4 Å². The topological polar surface area (TPSA) is 174 Å². The van der Waals surface area contributed by atoms with Gasteiger partial charge in [0.2, 0.25) is 17.5 Å². The largest absolute Gasteiger partial charge is 0.501 e. The summed E-state index contributed by atoms with van der Waals surface area (Å²) in [6.45, 7) is 2.07. The number of aryl methyl sites for hydroxylation is 2. The molecule has 1 aliphatic carbocycles. The minimum absolute atomic E-state index is 0.0147. The number of hydrogen-bond acceptors (Lipinski definition) is 9. The van der Waals surface area contributed by atoms with Gasteiger partial charge in [0, 0.05) is 40.2 Å². The summed E-state index contributed by atoms with van der Waals surface area (Å²) in [5, 5.41) is 20.7. The minimum atomic E-state index is -1.12. The number of carbonyl (C=O) groups is 3. The summed E-state index contributed by atoms with van der Waals surface area (Å²) >= 11 is 0. The lowest BCUT2D eigenvalue weighted by Crippen LogP contribution is -2.55. The fraction of sp³-hybridized carbons (Fsp3) is 0.500. The van der Waals surface area contributed by atoms with Gasteiger partial charge in [-0.15, -0.1) is 5.10 Å². The van der Waals surface area contributed by atoms with Gasteiger partial charge >= 0.3 is 0 Å². The maximum absolute atomic E-state index is 14.0. The van der Waals surface area contributed by atoms with Crippen molar-refractivity contribution in [2.75, 3.05) is 13.7 Å². The lowest BCUT2D eigenvalue weighted by molar-refractivity contribution is -0.127. The van der Waals surface area contributed by atoms with Crippen molar-refractivity contribution in [3.8, 4) is 5.75 Å². The van der Waals surface area contributed by atoms with Crippen LogP contribution in [0.5, 0.6) is 5.75 Å². The van der Waals surface area contributed by atoms with Gasteiger partial charge in [0.1, 0.15) is 24.0 Å². The van der Waals surface area contributed by atoms with Crippen LogP contribution in [0.2, 0.25) is 0 Å². The molecule has 4 aliphatic rings. The molecule has 5 heterocycles. The average Bonchev–Trinajstić information content (AvgIpc) is 3.60. The van der Waals surface area contributed by atoms with E-state index in [4.69, 9.17) is 4.74 Å². The van der Waals surface area contributed by atoms with E-state index >= 15 is 0 Å². The number of amides is 3. The Morgan fingerprint density at radius 2 is 1.96 bits per heavy atom. The first-order valence-corrected chi connectivity index (χ1v) is 14.9. The summed E-state index contributed by atoms with van der Waals surface area (Å²) in [7, 11) is 3.15. The number of rotatable bonds is 7. The molecule has 0 radical (unpaired) electrons. The standard InChI is InChI=1S/C30H35FN8O6/c1-16-10-18(4-5-20(16)31)12-32-26(42)22-23(40)27(43)39-13-17-6-8-30(9-7-17,29(39)34-22)35-25(41)21-11-19(45-3)14-38(21)28(44)24-33-15-37(2)36-24/h4-5,10,15,17,19,21,40H,6-9,11-14H2,1-3H3,(H,32,42)(H,35,41)/t17?,19-,21?,30?/m0/s1. The number of methoxy groups -OCH3 is 1. The van der Waals surface area contributed by atoms with Crippen molar-refractivity contribution in [1.29, 1.82) is 0 Å². The van der Waals surface area contributed by atoms with Gasteiger partial charge in [-0.05, 0) is 55.7 Å². The Morgan fingerprint density at radius 1 is 1.20 bits per heavy atom. The van der Waals surface area contributed by atoms with Crippen LogP contribution in [0.15, 0.2) is 29.3 Å². The molecule has 0 spiro atoms. The quantitative estimate of drug-likeness (QED) is 0.346. The number of aromatic nitrogens is 5. The van der Waals surface area contributed by atoms with E-state index in [1.807, 2.05) is 0 Å². The second-order valence-electron chi connectivity index (χ2n) is 12.1. The van der Waals surface area contributed by atoms with E-state index in [1.54, 1.807) is 20.0 Å². The second-order valence-corrected chi connectivity index (χ2v) is 12.1. The molecule has 1 unspecified atom stereocenters. The number of likely N-dealkylation sites (tertiary alicyclic amines) is 1. The zero-order chi connectivity index (χ0) is 32.0. The predicted molar refractivity (Wildman–Crippen MR) is 155 cm³/mol. The van der Waals surface area contributed by atoms with E-state index in [2.05, 4.69) is 25.7 Å². The van der Waals surface area contributed by atoms with Crippen molar-refractivity contribution in [1.82, 2.24) is 39.8 Å². The van der Waals surface area contributed by atoms with Crippen molar-refractivity contribution in [3.63, 3.8) is 0 Å². The molecule has 2 fully saturated rings. The number of nitrogens with one attached hydrogen (secondary N) is 2. The highest BCUT2D eigenvalue weighted by Crippen LogP contribution is 2.43. The fourth-order valence-corrected chi connectivity index (χ4v) is 6.66. The van der Waals surface area contributed by atoms with Crippen LogP contribution in [0.3, 0.4) is 0 Å². The molecule has 1 aromatic carbocycles. The Hall–Kier alpha value is -4.66. The van der Waals surface area contributed by atoms with Crippen molar-refractivity contribution in [3.05, 3.63) is 69.2 Å². The number of benzene rings is 1. The molecule has 1 saturated heterocycles. The van der Waals surface area contributed by atoms with E-state index in [1.165, 1.54) is 39.7 Å². The lowest BCUT2D eigenvalue weighted by atomic mass is 9.77. The molecule has 3 aliphatic heterocycles. The molecule has 7 rings (SSSR count). The van der Waals surface area contributed by atoms with E-state index < -0.39 is 46.3 Å². The van der Waals surface area contributed by atoms with E-state index in [0.29, 0.717) is 36.8 Å². The number of fused-ring (bicyclic) bond motifs is 2. The molecule has 2 atom stereocenters. The van der Waals surface area contributed by atoms with Gasteiger partial charge in [0.05, 0.1) is 11.6 Å². The molecule has 3 N–H and O–H groups in total. The lowest BCUT2D eigenvalue weighted by Gasteiger charge is -2.38. The summed E-state index contributed by atoms with van der Waals surface area (Å²) in [4.78, 5) is 64.1. The van der Waals surface area contributed by atoms with Crippen LogP contribution in [-0.4, -0.2) is 77.8 Å². The van der Waals surface area contributed by atoms with Gasteiger partial charge in [0.15, 0.2) is 5.69 Å². The zero-order valence-electron chi connectivity index (χ0n) is 25.2. The van der Waals surface area contributed by atoms with Gasteiger partial charge in [-0.1, -0.05) is 12.1 Å². The molecule has 2 bridgehead atoms. The van der Waals surface area contributed by atoms with Crippen LogP contribution in [-0.2, 0) is 35.2 Å². The van der Waals surface area contributed by atoms with Crippen LogP contribution < -0.4 is 16.2 Å². The minimum Gasteiger partial charge on any atom is -0.501 e. The highest BCUT2D eigenvalue weighted by Gasteiger charge is 2.49. The highest BCUT2D eigenvalue weighted by molar-refractivity contribution is 5.96. The molecule has 3 aromatic rings. The first kappa shape index (κ1) is 30.4. The fourth-order valence-electron chi connectivity index (χ4n) is 6.66. The Morgan fingerprint density at radius 3 is 2.62 bits per heavy atom. The van der Waals surface area contributed by atoms with Crippen LogP contribution in [0, 0.1) is 18.7 Å². The Balaban J connectivity index is 1.31. The van der Waals surface area contributed by atoms with Crippen molar-refractivity contribution in [2.24, 2.45) is 13.0 Å². The summed E-state index contributed by atoms with van der Waals surface area (Å²) in [6, 6.07) is 3.51. The third-order valence-corrected chi connectivity index (χ3v) is 9.18. The summed E-state index contributed by atoms with van der Waals surface area (Å²) in [6.07, 6.45) is 3.52. The third-order valence-electron chi connectivity index (χ3n) is 9.18. The first-order chi connectivity index (χ1) is 21.5. The van der Waals surface area contributed by atoms with Crippen molar-refractivity contribution < 1.29 is 28.6 Å². The van der Waals surface area contributed by atoms with Crippen molar-refractivity contribution in [2.45, 2.75) is 69.8 Å². The third kappa shape index (κ3) is 5.56. The zero-order valence-corrected chi connectivity index (χ0v) is 25.2. The monoisotopic (exact) mass is 622 g/mol. The van der Waals surface area contributed by atoms with Crippen molar-refractivity contribution >= 4 is 17.7 Å². The van der Waals surface area contributed by atoms with Crippen LogP contribution >= 0.6 is 0 Å². The summed E-state index contributed by atoms with van der Waals surface area (Å²) in [5.74, 6) is -2.64. The molecular weight excluding hydrogens is 587 g/mol. The van der Waals surface area contributed by atoms with Crippen LogP contribution in [0.25, 0.3) is 0 Å². The van der Waals surface area contributed by atoms with Gasteiger partial charge in [-0.25, -0.2) is 14.4 Å². The molecule has 45 heavy (non-hydrogen) atoms. The first-order valence-electron chi connectivity index (χ1n) is 14.9. The molecule has 2 aromatic heterocycles. The molecule has 15 heteroatoms. The SMILES string of the molecule is CO[C@H]1CC(C(=O)NC23CCC(CC2)Cn2c3nc(C(=O)NCc3ccc(F)c(C)c3)c(O)c2=O)N(C(=O)c2ncn(C)n2)C1. The smallest absolute Gasteiger partial charge is 0.296 e. The highest BCUT2D eigenvalue weighted by atomic mass is 19.1. The van der Waals surface area contributed by atoms with E-state index in [0.717, 1.165) is 0 Å². The van der Waals surface area contributed by atoms with Gasteiger partial charge in [-0.2, -0.15) is 0 Å². The number of nitrogens with zero attached hydrogens (tertiary/aromatic N) is 6. The number of ether oxygens (including phenoxy) is 1. The molecule has 14 nitrogen and oxygen atoms in total. The number of aromatic hydroxyl groups is 1. The maximum atomic E-state index is 14.0. The maximum Gasteiger partial charge on any atom is 0.296 e. The van der Waals surface area contributed by atoms with Crippen LogP contribution in [0.4, 0.5) is 4.39 Å². The molecule has 238 valence electrons. The number of carbonyl (C=O) groups excluding carboxylic acids is 3. The molecular formula is C30H35FN8O6. The summed E-state index contributed by atoms with van der Waals surface area (Å²) in [5.41, 5.74) is -1.31. The molecule has 1 saturated carbocycles. The number of hydrogen-bond donors (Lipinski definition) is 3. The van der Waals surface area contributed by atoms with E-state index in [-0.39, 0.29) is 55.5 Å². The van der Waals surface area contributed by atoms with Gasteiger partial charge in [-0.3, -0.25) is 28.4 Å². The number of halogens is 1. The summed E-state index contributed by atoms with van der Waals surface area (Å²) < 4.78 is 22.0. The van der Waals surface area contributed by atoms with Crippen LogP contribution in [0.1, 0.15) is 70.2 Å². The Kier molecular flexibility index (Phi) is 7.89. The Bertz CT molecular complexity index is 1730. The predicted octanol–water partition coefficient (Wildman–Crippen LogP) is 0.900. The average molecular weight is 623 g/mol. The molecule has 3 amide bonds.